The minimum atomic E-state index is -0.0941. The molecule has 0 aromatic heterocycles. The second-order valence-electron chi connectivity index (χ2n) is 4.50. The van der Waals surface area contributed by atoms with Crippen LogP contribution < -0.4 is 4.74 Å². The molecule has 19 heavy (non-hydrogen) atoms. The van der Waals surface area contributed by atoms with Crippen LogP contribution in [0.1, 0.15) is 20.3 Å². The standard InChI is InChI=1S/C14H20ClNO3/c1-11(2)16(7-4-8-17)14(18)10-19-13-6-3-5-12(15)9-13/h3,5-6,9,11,17H,4,7-8,10H2,1-2H3. The van der Waals surface area contributed by atoms with Crippen molar-refractivity contribution >= 4 is 17.5 Å². The average Bonchev–Trinajstić information content (AvgIpc) is 2.36. The maximum absolute atomic E-state index is 12.0. The zero-order chi connectivity index (χ0) is 14.3. The summed E-state index contributed by atoms with van der Waals surface area (Å²) in [7, 11) is 0. The molecule has 0 bridgehead atoms. The first-order chi connectivity index (χ1) is 9.04. The van der Waals surface area contributed by atoms with Gasteiger partial charge in [-0.25, -0.2) is 0 Å². The van der Waals surface area contributed by atoms with Crippen molar-refractivity contribution in [3.63, 3.8) is 0 Å². The highest BCUT2D eigenvalue weighted by atomic mass is 35.5. The highest BCUT2D eigenvalue weighted by Gasteiger charge is 2.16. The molecule has 0 saturated carbocycles. The van der Waals surface area contributed by atoms with E-state index in [1.165, 1.54) is 0 Å². The summed E-state index contributed by atoms with van der Waals surface area (Å²) in [5.74, 6) is 0.482. The molecule has 1 amide bonds. The molecule has 0 fully saturated rings. The lowest BCUT2D eigenvalue weighted by Gasteiger charge is -2.26. The highest BCUT2D eigenvalue weighted by Crippen LogP contribution is 2.17. The molecule has 1 aromatic carbocycles. The quantitative estimate of drug-likeness (QED) is 0.836. The van der Waals surface area contributed by atoms with Crippen LogP contribution in [0.25, 0.3) is 0 Å². The Morgan fingerprint density at radius 1 is 1.47 bits per heavy atom. The Balaban J connectivity index is 2.52. The van der Waals surface area contributed by atoms with E-state index in [4.69, 9.17) is 21.4 Å². The maximum Gasteiger partial charge on any atom is 0.260 e. The lowest BCUT2D eigenvalue weighted by Crippen LogP contribution is -2.40. The van der Waals surface area contributed by atoms with Crippen LogP contribution >= 0.6 is 11.6 Å². The average molecular weight is 286 g/mol. The Labute approximate surface area is 118 Å². The van der Waals surface area contributed by atoms with Crippen LogP contribution in [0.2, 0.25) is 5.02 Å². The summed E-state index contributed by atoms with van der Waals surface area (Å²) in [5.41, 5.74) is 0. The fraction of sp³-hybridized carbons (Fsp3) is 0.500. The monoisotopic (exact) mass is 285 g/mol. The molecule has 0 aliphatic carbocycles. The number of halogens is 1. The van der Waals surface area contributed by atoms with E-state index >= 15 is 0 Å². The summed E-state index contributed by atoms with van der Waals surface area (Å²) in [6.45, 7) is 4.46. The van der Waals surface area contributed by atoms with Crippen molar-refractivity contribution in [1.82, 2.24) is 4.90 Å². The molecule has 4 nitrogen and oxygen atoms in total. The van der Waals surface area contributed by atoms with Gasteiger partial charge in [-0.2, -0.15) is 0 Å². The topological polar surface area (TPSA) is 49.8 Å². The zero-order valence-electron chi connectivity index (χ0n) is 11.3. The van der Waals surface area contributed by atoms with E-state index in [1.54, 1.807) is 29.2 Å². The molecule has 5 heteroatoms. The van der Waals surface area contributed by atoms with Crippen molar-refractivity contribution in [3.8, 4) is 5.75 Å². The third-order valence-corrected chi connectivity index (χ3v) is 2.89. The van der Waals surface area contributed by atoms with Crippen molar-refractivity contribution in [2.75, 3.05) is 19.8 Å². The minimum absolute atomic E-state index is 0.0239. The molecule has 1 rings (SSSR count). The van der Waals surface area contributed by atoms with E-state index in [-0.39, 0.29) is 25.2 Å². The predicted octanol–water partition coefficient (Wildman–Crippen LogP) is 2.34. The first kappa shape index (κ1) is 15.8. The number of rotatable bonds is 7. The van der Waals surface area contributed by atoms with Crippen LogP contribution in [0.15, 0.2) is 24.3 Å². The second-order valence-corrected chi connectivity index (χ2v) is 4.94. The molecular formula is C14H20ClNO3. The minimum Gasteiger partial charge on any atom is -0.484 e. The molecule has 0 atom stereocenters. The molecule has 1 N–H and O–H groups in total. The Bertz CT molecular complexity index is 409. The van der Waals surface area contributed by atoms with Gasteiger partial charge in [-0.15, -0.1) is 0 Å². The molecular weight excluding hydrogens is 266 g/mol. The van der Waals surface area contributed by atoms with E-state index in [0.29, 0.717) is 23.7 Å². The number of ether oxygens (including phenoxy) is 1. The first-order valence-electron chi connectivity index (χ1n) is 6.33. The molecule has 0 radical (unpaired) electrons. The van der Waals surface area contributed by atoms with Gasteiger partial charge in [-0.05, 0) is 38.5 Å². The van der Waals surface area contributed by atoms with Gasteiger partial charge in [0.15, 0.2) is 6.61 Å². The third kappa shape index (κ3) is 5.49. The number of aliphatic hydroxyl groups is 1. The molecule has 106 valence electrons. The molecule has 0 unspecified atom stereocenters. The Morgan fingerprint density at radius 3 is 2.79 bits per heavy atom. The number of benzene rings is 1. The SMILES string of the molecule is CC(C)N(CCCO)C(=O)COc1cccc(Cl)c1. The molecule has 0 aliphatic heterocycles. The number of carbonyl (C=O) groups is 1. The van der Waals surface area contributed by atoms with Gasteiger partial charge >= 0.3 is 0 Å². The Kier molecular flexibility index (Phi) is 6.67. The van der Waals surface area contributed by atoms with E-state index in [9.17, 15) is 4.79 Å². The molecule has 0 saturated heterocycles. The van der Waals surface area contributed by atoms with Gasteiger partial charge in [-0.1, -0.05) is 17.7 Å². The van der Waals surface area contributed by atoms with Crippen molar-refractivity contribution in [2.45, 2.75) is 26.3 Å². The fourth-order valence-corrected chi connectivity index (χ4v) is 1.88. The summed E-state index contributed by atoms with van der Waals surface area (Å²) in [6, 6.07) is 7.03. The van der Waals surface area contributed by atoms with Gasteiger partial charge in [0.25, 0.3) is 5.91 Å². The van der Waals surface area contributed by atoms with Gasteiger partial charge in [0, 0.05) is 24.2 Å². The van der Waals surface area contributed by atoms with Crippen molar-refractivity contribution in [3.05, 3.63) is 29.3 Å². The number of carbonyl (C=O) groups excluding carboxylic acids is 1. The van der Waals surface area contributed by atoms with E-state index in [0.717, 1.165) is 0 Å². The van der Waals surface area contributed by atoms with E-state index in [1.807, 2.05) is 13.8 Å². The van der Waals surface area contributed by atoms with Crippen molar-refractivity contribution in [2.24, 2.45) is 0 Å². The third-order valence-electron chi connectivity index (χ3n) is 2.66. The largest absolute Gasteiger partial charge is 0.484 e. The lowest BCUT2D eigenvalue weighted by atomic mass is 10.3. The Morgan fingerprint density at radius 2 is 2.21 bits per heavy atom. The number of hydrogen-bond donors (Lipinski definition) is 1. The first-order valence-corrected chi connectivity index (χ1v) is 6.71. The predicted molar refractivity (Wildman–Crippen MR) is 75.5 cm³/mol. The van der Waals surface area contributed by atoms with Gasteiger partial charge < -0.3 is 14.7 Å². The molecule has 0 aliphatic rings. The summed E-state index contributed by atoms with van der Waals surface area (Å²) >= 11 is 5.84. The maximum atomic E-state index is 12.0. The summed E-state index contributed by atoms with van der Waals surface area (Å²) in [4.78, 5) is 13.7. The number of hydrogen-bond acceptors (Lipinski definition) is 3. The molecule has 0 spiro atoms. The smallest absolute Gasteiger partial charge is 0.260 e. The van der Waals surface area contributed by atoms with Crippen LogP contribution in [0.5, 0.6) is 5.75 Å². The second kappa shape index (κ2) is 8.02. The van der Waals surface area contributed by atoms with Gasteiger partial charge in [0.05, 0.1) is 0 Å². The van der Waals surface area contributed by atoms with Crippen LogP contribution in [-0.4, -0.2) is 41.7 Å². The molecule has 0 heterocycles. The summed E-state index contributed by atoms with van der Waals surface area (Å²) < 4.78 is 5.42. The summed E-state index contributed by atoms with van der Waals surface area (Å²) in [5, 5.41) is 9.41. The van der Waals surface area contributed by atoms with Crippen LogP contribution in [0, 0.1) is 0 Å². The highest BCUT2D eigenvalue weighted by molar-refractivity contribution is 6.30. The Hall–Kier alpha value is -1.26. The zero-order valence-corrected chi connectivity index (χ0v) is 12.1. The molecule has 1 aromatic rings. The number of amides is 1. The van der Waals surface area contributed by atoms with Gasteiger partial charge in [0.1, 0.15) is 5.75 Å². The van der Waals surface area contributed by atoms with Crippen LogP contribution in [-0.2, 0) is 4.79 Å². The van der Waals surface area contributed by atoms with Crippen LogP contribution in [0.3, 0.4) is 0 Å². The normalized spacial score (nSPS) is 10.6. The van der Waals surface area contributed by atoms with Crippen LogP contribution in [0.4, 0.5) is 0 Å². The number of nitrogens with zero attached hydrogens (tertiary/aromatic N) is 1. The van der Waals surface area contributed by atoms with Gasteiger partial charge in [0.2, 0.25) is 0 Å². The van der Waals surface area contributed by atoms with Crippen molar-refractivity contribution in [1.29, 1.82) is 0 Å². The number of aliphatic hydroxyl groups excluding tert-OH is 1. The van der Waals surface area contributed by atoms with E-state index < -0.39 is 0 Å². The summed E-state index contributed by atoms with van der Waals surface area (Å²) in [6.07, 6.45) is 0.571. The van der Waals surface area contributed by atoms with Gasteiger partial charge in [-0.3, -0.25) is 4.79 Å². The van der Waals surface area contributed by atoms with E-state index in [2.05, 4.69) is 0 Å². The lowest BCUT2D eigenvalue weighted by molar-refractivity contribution is -0.135. The fourth-order valence-electron chi connectivity index (χ4n) is 1.70. The van der Waals surface area contributed by atoms with Crippen molar-refractivity contribution < 1.29 is 14.6 Å².